The first-order valence-corrected chi connectivity index (χ1v) is 8.65. The van der Waals surface area contributed by atoms with Gasteiger partial charge in [-0.25, -0.2) is 0 Å². The molecule has 0 spiro atoms. The Morgan fingerprint density at radius 1 is 1.10 bits per heavy atom. The molecule has 2 aliphatic rings. The second-order valence-electron chi connectivity index (χ2n) is 7.68. The number of nitrogens with two attached hydrogens (primary N) is 1. The van der Waals surface area contributed by atoms with Gasteiger partial charge in [-0.05, 0) is 37.0 Å². The lowest BCUT2D eigenvalue weighted by molar-refractivity contribution is 0.0613. The molecule has 3 N–H and O–H groups in total. The van der Waals surface area contributed by atoms with Crippen molar-refractivity contribution >= 4 is 0 Å². The highest BCUT2D eigenvalue weighted by atomic mass is 16.3. The topological polar surface area (TPSA) is 49.5 Å². The van der Waals surface area contributed by atoms with E-state index in [2.05, 4.69) is 18.7 Å². The molecular weight excluding hydrogens is 248 g/mol. The quantitative estimate of drug-likeness (QED) is 0.815. The zero-order valence-electron chi connectivity index (χ0n) is 13.5. The first-order chi connectivity index (χ1) is 9.54. The van der Waals surface area contributed by atoms with Gasteiger partial charge in [0.2, 0.25) is 0 Å². The standard InChI is InChI=1S/C17H34N2O/c1-17(2)10-6-7-14(16(17)18)13-19(11-12-20)15-8-4-3-5-9-15/h14-16,20H,3-13,18H2,1-2H3. The fourth-order valence-corrected chi connectivity index (χ4v) is 4.31. The van der Waals surface area contributed by atoms with Crippen LogP contribution in [0.5, 0.6) is 0 Å². The molecule has 3 heteroatoms. The van der Waals surface area contributed by atoms with Gasteiger partial charge < -0.3 is 10.8 Å². The van der Waals surface area contributed by atoms with Crippen LogP contribution in [-0.2, 0) is 0 Å². The summed E-state index contributed by atoms with van der Waals surface area (Å²) in [4.78, 5) is 2.55. The van der Waals surface area contributed by atoms with E-state index in [-0.39, 0.29) is 12.0 Å². The first-order valence-electron chi connectivity index (χ1n) is 8.65. The molecule has 20 heavy (non-hydrogen) atoms. The summed E-state index contributed by atoms with van der Waals surface area (Å²) < 4.78 is 0. The molecule has 118 valence electrons. The first kappa shape index (κ1) is 16.3. The van der Waals surface area contributed by atoms with Gasteiger partial charge in [0.1, 0.15) is 0 Å². The predicted octanol–water partition coefficient (Wildman–Crippen LogP) is 2.77. The van der Waals surface area contributed by atoms with Gasteiger partial charge in [0.25, 0.3) is 0 Å². The van der Waals surface area contributed by atoms with Crippen LogP contribution < -0.4 is 5.73 Å². The van der Waals surface area contributed by atoms with Crippen LogP contribution in [-0.4, -0.2) is 41.8 Å². The molecule has 0 amide bonds. The highest BCUT2D eigenvalue weighted by Gasteiger charge is 2.37. The van der Waals surface area contributed by atoms with Gasteiger partial charge in [-0.1, -0.05) is 39.5 Å². The van der Waals surface area contributed by atoms with Crippen LogP contribution in [0.1, 0.15) is 65.2 Å². The molecule has 0 aromatic heterocycles. The molecule has 2 unspecified atom stereocenters. The third kappa shape index (κ3) is 3.96. The summed E-state index contributed by atoms with van der Waals surface area (Å²) in [6.45, 7) is 6.84. The fraction of sp³-hybridized carbons (Fsp3) is 1.00. The summed E-state index contributed by atoms with van der Waals surface area (Å²) >= 11 is 0. The summed E-state index contributed by atoms with van der Waals surface area (Å²) in [6.07, 6.45) is 10.6. The van der Waals surface area contributed by atoms with Crippen LogP contribution in [0, 0.1) is 11.3 Å². The number of aliphatic hydroxyl groups excluding tert-OH is 1. The number of hydrogen-bond acceptors (Lipinski definition) is 3. The lowest BCUT2D eigenvalue weighted by Crippen LogP contribution is -2.52. The average molecular weight is 282 g/mol. The van der Waals surface area contributed by atoms with Crippen LogP contribution in [0.4, 0.5) is 0 Å². The summed E-state index contributed by atoms with van der Waals surface area (Å²) in [7, 11) is 0. The molecule has 0 aromatic carbocycles. The molecule has 2 rings (SSSR count). The van der Waals surface area contributed by atoms with E-state index in [1.165, 1.54) is 51.4 Å². The largest absolute Gasteiger partial charge is 0.395 e. The summed E-state index contributed by atoms with van der Waals surface area (Å²) in [5, 5.41) is 9.39. The van der Waals surface area contributed by atoms with Crippen molar-refractivity contribution in [1.29, 1.82) is 0 Å². The normalized spacial score (nSPS) is 31.6. The number of nitrogens with zero attached hydrogens (tertiary/aromatic N) is 1. The van der Waals surface area contributed by atoms with E-state index < -0.39 is 0 Å². The van der Waals surface area contributed by atoms with Gasteiger partial charge >= 0.3 is 0 Å². The minimum atomic E-state index is 0.278. The van der Waals surface area contributed by atoms with Crippen LogP contribution in [0.2, 0.25) is 0 Å². The van der Waals surface area contributed by atoms with E-state index in [0.717, 1.165) is 13.1 Å². The molecule has 3 nitrogen and oxygen atoms in total. The number of aliphatic hydroxyl groups is 1. The smallest absolute Gasteiger partial charge is 0.0558 e. The van der Waals surface area contributed by atoms with Crippen molar-refractivity contribution in [2.75, 3.05) is 19.7 Å². The third-order valence-corrected chi connectivity index (χ3v) is 5.75. The third-order valence-electron chi connectivity index (χ3n) is 5.75. The SMILES string of the molecule is CC1(C)CCCC(CN(CCO)C2CCCCC2)C1N. The summed E-state index contributed by atoms with van der Waals surface area (Å²) in [5.74, 6) is 0.604. The van der Waals surface area contributed by atoms with E-state index in [9.17, 15) is 5.11 Å². The van der Waals surface area contributed by atoms with Crippen molar-refractivity contribution < 1.29 is 5.11 Å². The highest BCUT2D eigenvalue weighted by Crippen LogP contribution is 2.38. The van der Waals surface area contributed by atoms with E-state index in [1.54, 1.807) is 0 Å². The Balaban J connectivity index is 1.96. The van der Waals surface area contributed by atoms with Gasteiger partial charge in [0.05, 0.1) is 6.61 Å². The molecule has 0 bridgehead atoms. The Hall–Kier alpha value is -0.120. The maximum Gasteiger partial charge on any atom is 0.0558 e. The lowest BCUT2D eigenvalue weighted by atomic mass is 9.68. The molecule has 2 saturated carbocycles. The molecular formula is C17H34N2O. The molecule has 2 fully saturated rings. The highest BCUT2D eigenvalue weighted by molar-refractivity contribution is 4.93. The zero-order valence-corrected chi connectivity index (χ0v) is 13.5. The monoisotopic (exact) mass is 282 g/mol. The Labute approximate surface area is 124 Å². The van der Waals surface area contributed by atoms with Crippen LogP contribution in [0.3, 0.4) is 0 Å². The molecule has 0 saturated heterocycles. The Kier molecular flexibility index (Phi) is 5.88. The average Bonchev–Trinajstić information content (AvgIpc) is 2.44. The predicted molar refractivity (Wildman–Crippen MR) is 84.6 cm³/mol. The molecule has 0 aliphatic heterocycles. The summed E-state index contributed by atoms with van der Waals surface area (Å²) in [5.41, 5.74) is 6.82. The van der Waals surface area contributed by atoms with E-state index in [0.29, 0.717) is 18.0 Å². The van der Waals surface area contributed by atoms with Crippen molar-refractivity contribution in [2.45, 2.75) is 77.3 Å². The zero-order chi connectivity index (χ0) is 14.6. The van der Waals surface area contributed by atoms with Crippen molar-refractivity contribution in [3.05, 3.63) is 0 Å². The molecule has 0 heterocycles. The van der Waals surface area contributed by atoms with Crippen molar-refractivity contribution in [1.82, 2.24) is 4.90 Å². The van der Waals surface area contributed by atoms with Crippen LogP contribution in [0.25, 0.3) is 0 Å². The number of rotatable bonds is 5. The van der Waals surface area contributed by atoms with E-state index in [1.807, 2.05) is 0 Å². The Morgan fingerprint density at radius 3 is 2.45 bits per heavy atom. The second kappa shape index (κ2) is 7.24. The molecule has 0 aromatic rings. The van der Waals surface area contributed by atoms with Crippen molar-refractivity contribution in [3.63, 3.8) is 0 Å². The van der Waals surface area contributed by atoms with Gasteiger partial charge in [0.15, 0.2) is 0 Å². The molecule has 2 atom stereocenters. The minimum absolute atomic E-state index is 0.278. The second-order valence-corrected chi connectivity index (χ2v) is 7.68. The Morgan fingerprint density at radius 2 is 1.80 bits per heavy atom. The van der Waals surface area contributed by atoms with Gasteiger partial charge in [-0.2, -0.15) is 0 Å². The summed E-state index contributed by atoms with van der Waals surface area (Å²) in [6, 6.07) is 0.995. The van der Waals surface area contributed by atoms with Crippen molar-refractivity contribution in [3.8, 4) is 0 Å². The van der Waals surface area contributed by atoms with Gasteiger partial charge in [0, 0.05) is 25.2 Å². The number of hydrogen-bond donors (Lipinski definition) is 2. The lowest BCUT2D eigenvalue weighted by Gasteiger charge is -2.45. The van der Waals surface area contributed by atoms with Crippen molar-refractivity contribution in [2.24, 2.45) is 17.1 Å². The maximum atomic E-state index is 9.39. The van der Waals surface area contributed by atoms with Gasteiger partial charge in [-0.15, -0.1) is 0 Å². The van der Waals surface area contributed by atoms with E-state index in [4.69, 9.17) is 5.73 Å². The molecule has 0 radical (unpaired) electrons. The van der Waals surface area contributed by atoms with Crippen LogP contribution in [0.15, 0.2) is 0 Å². The Bertz CT molecular complexity index is 287. The fourth-order valence-electron chi connectivity index (χ4n) is 4.31. The van der Waals surface area contributed by atoms with Gasteiger partial charge in [-0.3, -0.25) is 4.90 Å². The minimum Gasteiger partial charge on any atom is -0.395 e. The molecule has 2 aliphatic carbocycles. The van der Waals surface area contributed by atoms with E-state index >= 15 is 0 Å². The maximum absolute atomic E-state index is 9.39. The van der Waals surface area contributed by atoms with Crippen LogP contribution >= 0.6 is 0 Å².